The number of benzene rings is 1. The van der Waals surface area contributed by atoms with Gasteiger partial charge in [-0.05, 0) is 61.4 Å². The van der Waals surface area contributed by atoms with E-state index in [9.17, 15) is 14.4 Å². The van der Waals surface area contributed by atoms with Crippen LogP contribution in [0.15, 0.2) is 64.4 Å². The van der Waals surface area contributed by atoms with Crippen LogP contribution < -0.4 is 5.73 Å². The second-order valence-electron chi connectivity index (χ2n) is 9.77. The van der Waals surface area contributed by atoms with Crippen LogP contribution in [-0.2, 0) is 9.59 Å². The Morgan fingerprint density at radius 3 is 2.36 bits per heavy atom. The summed E-state index contributed by atoms with van der Waals surface area (Å²) in [5, 5.41) is 1.95. The van der Waals surface area contributed by atoms with Gasteiger partial charge in [-0.1, -0.05) is 48.9 Å². The van der Waals surface area contributed by atoms with E-state index in [0.29, 0.717) is 5.76 Å². The average Bonchev–Trinajstić information content (AvgIpc) is 3.53. The van der Waals surface area contributed by atoms with Crippen molar-refractivity contribution in [2.24, 2.45) is 17.6 Å². The minimum atomic E-state index is -0.925. The van der Waals surface area contributed by atoms with Crippen molar-refractivity contribution in [1.82, 2.24) is 4.90 Å². The molecule has 2 aromatic heterocycles. The maximum Gasteiger partial charge on any atom is 0.240 e. The van der Waals surface area contributed by atoms with E-state index in [0.717, 1.165) is 35.3 Å². The molecule has 4 atom stereocenters. The van der Waals surface area contributed by atoms with E-state index in [1.807, 2.05) is 60.9 Å². The molecule has 2 fully saturated rings. The number of hydrogen-bond acceptors (Lipinski definition) is 5. The van der Waals surface area contributed by atoms with Crippen molar-refractivity contribution in [1.29, 1.82) is 0 Å². The van der Waals surface area contributed by atoms with E-state index in [1.165, 1.54) is 11.3 Å². The fourth-order valence-electron chi connectivity index (χ4n) is 5.47. The number of primary amides is 1. The first-order chi connectivity index (χ1) is 17.4. The maximum atomic E-state index is 14.1. The van der Waals surface area contributed by atoms with Crippen molar-refractivity contribution < 1.29 is 18.8 Å². The molecule has 2 aliphatic rings. The van der Waals surface area contributed by atoms with Crippen molar-refractivity contribution >= 4 is 35.0 Å². The molecule has 1 saturated carbocycles. The predicted octanol–water partition coefficient (Wildman–Crippen LogP) is 5.12. The van der Waals surface area contributed by atoms with Crippen LogP contribution in [0.5, 0.6) is 0 Å². The van der Waals surface area contributed by atoms with Gasteiger partial charge in [0.05, 0.1) is 12.0 Å². The van der Waals surface area contributed by atoms with E-state index in [1.54, 1.807) is 24.0 Å². The van der Waals surface area contributed by atoms with Gasteiger partial charge in [-0.25, -0.2) is 0 Å². The molecule has 1 saturated heterocycles. The summed E-state index contributed by atoms with van der Waals surface area (Å²) in [5.41, 5.74) is 7.94. The first kappa shape index (κ1) is 24.3. The number of nitrogens with zero attached hydrogens (tertiary/aromatic N) is 1. The number of hydrogen-bond donors (Lipinski definition) is 1. The van der Waals surface area contributed by atoms with Gasteiger partial charge in [0.1, 0.15) is 11.8 Å². The number of amides is 2. The second-order valence-corrected chi connectivity index (χ2v) is 10.7. The molecule has 5 rings (SSSR count). The summed E-state index contributed by atoms with van der Waals surface area (Å²) in [4.78, 5) is 43.5. The Balaban J connectivity index is 1.68. The quantitative estimate of drug-likeness (QED) is 0.454. The van der Waals surface area contributed by atoms with Crippen molar-refractivity contribution in [2.45, 2.75) is 51.1 Å². The molecule has 1 aliphatic carbocycles. The number of Topliss-reactive ketones (excluding diaryl/α,β-unsaturated/α-hetero) is 1. The van der Waals surface area contributed by atoms with Crippen LogP contribution in [0.25, 0.3) is 6.08 Å². The minimum Gasteiger partial charge on any atom is -0.458 e. The number of carbonyl (C=O) groups is 3. The molecule has 6 nitrogen and oxygen atoms in total. The van der Waals surface area contributed by atoms with E-state index >= 15 is 0 Å². The van der Waals surface area contributed by atoms with E-state index < -0.39 is 29.8 Å². The molecule has 2 N–H and O–H groups in total. The fraction of sp³-hybridized carbons (Fsp3) is 0.345. The topological polar surface area (TPSA) is 93.6 Å². The third kappa shape index (κ3) is 4.32. The van der Waals surface area contributed by atoms with Gasteiger partial charge in [0.15, 0.2) is 5.76 Å². The Morgan fingerprint density at radius 2 is 1.81 bits per heavy atom. The highest BCUT2D eigenvalue weighted by Gasteiger charge is 2.57. The first-order valence-corrected chi connectivity index (χ1v) is 13.2. The number of furan rings is 1. The Kier molecular flexibility index (Phi) is 6.67. The van der Waals surface area contributed by atoms with E-state index in [2.05, 4.69) is 0 Å². The number of likely N-dealkylation sites (tertiary alicyclic amines) is 1. The number of carbonyl (C=O) groups excluding carboxylic acids is 3. The number of rotatable bonds is 7. The lowest BCUT2D eigenvalue weighted by atomic mass is 9.80. The van der Waals surface area contributed by atoms with E-state index in [-0.39, 0.29) is 23.4 Å². The largest absolute Gasteiger partial charge is 0.458 e. The van der Waals surface area contributed by atoms with Crippen molar-refractivity contribution in [3.63, 3.8) is 0 Å². The third-order valence-electron chi connectivity index (χ3n) is 7.49. The smallest absolute Gasteiger partial charge is 0.240 e. The van der Waals surface area contributed by atoms with Gasteiger partial charge in [-0.2, -0.15) is 0 Å². The lowest BCUT2D eigenvalue weighted by molar-refractivity contribution is -0.144. The average molecular weight is 503 g/mol. The highest BCUT2D eigenvalue weighted by Crippen LogP contribution is 2.48. The molecule has 36 heavy (non-hydrogen) atoms. The number of nitrogens with two attached hydrogens (primary N) is 1. The van der Waals surface area contributed by atoms with Gasteiger partial charge in [0.2, 0.25) is 17.6 Å². The molecule has 0 spiro atoms. The van der Waals surface area contributed by atoms with Crippen molar-refractivity contribution in [2.75, 3.05) is 0 Å². The van der Waals surface area contributed by atoms with Crippen LogP contribution in [0.2, 0.25) is 0 Å². The lowest BCUT2D eigenvalue weighted by Gasteiger charge is -2.35. The zero-order chi connectivity index (χ0) is 25.4. The summed E-state index contributed by atoms with van der Waals surface area (Å²) in [6, 6.07) is 13.6. The van der Waals surface area contributed by atoms with Crippen LogP contribution in [0.3, 0.4) is 0 Å². The Morgan fingerprint density at radius 1 is 1.06 bits per heavy atom. The molecule has 4 unspecified atom stereocenters. The van der Waals surface area contributed by atoms with Gasteiger partial charge in [0, 0.05) is 16.7 Å². The summed E-state index contributed by atoms with van der Waals surface area (Å²) in [5.74, 6) is -1.48. The third-order valence-corrected chi connectivity index (χ3v) is 8.61. The lowest BCUT2D eigenvalue weighted by Crippen LogP contribution is -2.51. The molecule has 1 aliphatic heterocycles. The Labute approximate surface area is 214 Å². The molecule has 3 aromatic rings. The minimum absolute atomic E-state index is 0.0992. The van der Waals surface area contributed by atoms with Gasteiger partial charge in [-0.15, -0.1) is 11.3 Å². The van der Waals surface area contributed by atoms with Gasteiger partial charge >= 0.3 is 0 Å². The molecule has 2 amide bonds. The standard InChI is InChI=1S/C29H30N2O4S/c1-17-15-16-36-27(17)24-23(26(32)22-14-11-18(2)35-22)21(13-12-19-7-4-3-5-8-19)31(25(24)28(30)33)29(34)20-9-6-10-20/h3-5,7-8,11-16,20-21,23-25H,6,9-10H2,1-2H3,(H2,30,33). The normalized spacial score (nSPS) is 24.2. The predicted molar refractivity (Wildman–Crippen MR) is 139 cm³/mol. The van der Waals surface area contributed by atoms with Crippen molar-refractivity contribution in [3.8, 4) is 0 Å². The molecule has 3 heterocycles. The van der Waals surface area contributed by atoms with Gasteiger partial charge < -0.3 is 15.1 Å². The Hall–Kier alpha value is -3.45. The summed E-state index contributed by atoms with van der Waals surface area (Å²) < 4.78 is 5.75. The number of aryl methyl sites for hydroxylation is 2. The second kappa shape index (κ2) is 9.90. The fourth-order valence-corrected chi connectivity index (χ4v) is 6.58. The SMILES string of the molecule is Cc1ccc(C(=O)C2C(c3sccc3C)C(C(N)=O)N(C(=O)C3CCC3)C2C=Cc2ccccc2)o1. The molecular formula is C29H30N2O4S. The molecule has 0 bridgehead atoms. The first-order valence-electron chi connectivity index (χ1n) is 12.4. The highest BCUT2D eigenvalue weighted by atomic mass is 32.1. The van der Waals surface area contributed by atoms with Crippen LogP contribution >= 0.6 is 11.3 Å². The van der Waals surface area contributed by atoms with Crippen molar-refractivity contribution in [3.05, 3.63) is 87.5 Å². The Bertz CT molecular complexity index is 1300. The monoisotopic (exact) mass is 502 g/mol. The van der Waals surface area contributed by atoms with Crippen LogP contribution in [0, 0.1) is 25.7 Å². The summed E-state index contributed by atoms with van der Waals surface area (Å²) >= 11 is 1.50. The van der Waals surface area contributed by atoms with Gasteiger partial charge in [-0.3, -0.25) is 14.4 Å². The number of ketones is 1. The zero-order valence-corrected chi connectivity index (χ0v) is 21.2. The molecule has 186 valence electrons. The summed E-state index contributed by atoms with van der Waals surface area (Å²) in [7, 11) is 0. The summed E-state index contributed by atoms with van der Waals surface area (Å²) in [6.07, 6.45) is 6.37. The maximum absolute atomic E-state index is 14.1. The van der Waals surface area contributed by atoms with Crippen LogP contribution in [0.4, 0.5) is 0 Å². The molecule has 7 heteroatoms. The van der Waals surface area contributed by atoms with E-state index in [4.69, 9.17) is 10.2 Å². The van der Waals surface area contributed by atoms with Crippen LogP contribution in [-0.4, -0.2) is 34.6 Å². The van der Waals surface area contributed by atoms with Crippen LogP contribution in [0.1, 0.15) is 57.5 Å². The molecule has 1 aromatic carbocycles. The number of thiophene rings is 1. The van der Waals surface area contributed by atoms with Gasteiger partial charge in [0.25, 0.3) is 0 Å². The highest BCUT2D eigenvalue weighted by molar-refractivity contribution is 7.10. The summed E-state index contributed by atoms with van der Waals surface area (Å²) in [6.45, 7) is 3.76. The molecule has 0 radical (unpaired) electrons. The molecular weight excluding hydrogens is 472 g/mol. The zero-order valence-electron chi connectivity index (χ0n) is 20.4.